The second-order valence-electron chi connectivity index (χ2n) is 5.85. The van der Waals surface area contributed by atoms with E-state index in [1.807, 2.05) is 18.2 Å². The Balaban J connectivity index is 2.51. The molecule has 0 heterocycles. The lowest BCUT2D eigenvalue weighted by atomic mass is 10.1. The Morgan fingerprint density at radius 1 is 1.15 bits per heavy atom. The number of carbonyl (C=O) groups excluding carboxylic acids is 1. The second-order valence-corrected chi connectivity index (χ2v) is 5.85. The first-order chi connectivity index (χ1) is 12.5. The van der Waals surface area contributed by atoms with Crippen LogP contribution in [0.4, 0.5) is 0 Å². The van der Waals surface area contributed by atoms with Crippen molar-refractivity contribution in [2.24, 2.45) is 0 Å². The van der Waals surface area contributed by atoms with Crippen LogP contribution in [-0.4, -0.2) is 61.8 Å². The Morgan fingerprint density at radius 3 is 2.50 bits per heavy atom. The van der Waals surface area contributed by atoms with Crippen LogP contribution in [0.25, 0.3) is 0 Å². The molecule has 1 aromatic rings. The summed E-state index contributed by atoms with van der Waals surface area (Å²) >= 11 is 0. The molecule has 0 saturated heterocycles. The van der Waals surface area contributed by atoms with Gasteiger partial charge in [0.1, 0.15) is 6.61 Å². The molecule has 2 N–H and O–H groups in total. The summed E-state index contributed by atoms with van der Waals surface area (Å²) in [6, 6.07) is 5.71. The van der Waals surface area contributed by atoms with E-state index in [0.29, 0.717) is 31.1 Å². The molecule has 0 atom stereocenters. The van der Waals surface area contributed by atoms with Crippen molar-refractivity contribution in [2.45, 2.75) is 33.1 Å². The van der Waals surface area contributed by atoms with E-state index in [4.69, 9.17) is 14.6 Å². The van der Waals surface area contributed by atoms with Crippen molar-refractivity contribution in [1.29, 1.82) is 0 Å². The highest BCUT2D eigenvalue weighted by Crippen LogP contribution is 2.28. The molecule has 146 valence electrons. The van der Waals surface area contributed by atoms with Crippen molar-refractivity contribution in [3.63, 3.8) is 0 Å². The molecule has 0 spiro atoms. The Hall–Kier alpha value is -2.28. The lowest BCUT2D eigenvalue weighted by Crippen LogP contribution is -2.28. The number of methoxy groups -OCH3 is 1. The maximum Gasteiger partial charge on any atom is 0.303 e. The van der Waals surface area contributed by atoms with E-state index in [0.717, 1.165) is 25.2 Å². The summed E-state index contributed by atoms with van der Waals surface area (Å²) in [7, 11) is 1.61. The standard InChI is InChI=1S/C19H30N2O5/c1-4-21(5-2)12-13-26-17-14-15(6-7-16(17)25-3)10-11-20-18(22)8-9-19(23)24/h6-7,14H,4-5,8-13H2,1-3H3,(H,20,22)(H,23,24). The highest BCUT2D eigenvalue weighted by Gasteiger charge is 2.08. The number of rotatable bonds is 13. The molecule has 0 aliphatic rings. The van der Waals surface area contributed by atoms with Gasteiger partial charge in [0.15, 0.2) is 11.5 Å². The fourth-order valence-electron chi connectivity index (χ4n) is 2.47. The molecule has 0 aromatic heterocycles. The fourth-order valence-corrected chi connectivity index (χ4v) is 2.47. The number of hydrogen-bond donors (Lipinski definition) is 2. The smallest absolute Gasteiger partial charge is 0.303 e. The Morgan fingerprint density at radius 2 is 1.88 bits per heavy atom. The van der Waals surface area contributed by atoms with Gasteiger partial charge in [0.05, 0.1) is 13.5 Å². The van der Waals surface area contributed by atoms with Crippen LogP contribution in [0.2, 0.25) is 0 Å². The number of ether oxygens (including phenoxy) is 2. The molecule has 0 bridgehead atoms. The average Bonchev–Trinajstić information content (AvgIpc) is 2.63. The van der Waals surface area contributed by atoms with Crippen molar-refractivity contribution in [3.8, 4) is 11.5 Å². The van der Waals surface area contributed by atoms with E-state index in [9.17, 15) is 9.59 Å². The number of carboxylic acid groups (broad SMARTS) is 1. The maximum atomic E-state index is 11.5. The van der Waals surface area contributed by atoms with E-state index in [1.54, 1.807) is 7.11 Å². The summed E-state index contributed by atoms with van der Waals surface area (Å²) < 4.78 is 11.2. The second kappa shape index (κ2) is 12.1. The van der Waals surface area contributed by atoms with Gasteiger partial charge in [-0.1, -0.05) is 19.9 Å². The summed E-state index contributed by atoms with van der Waals surface area (Å²) in [5.41, 5.74) is 1.02. The van der Waals surface area contributed by atoms with E-state index in [1.165, 1.54) is 0 Å². The molecule has 0 saturated carbocycles. The molecule has 26 heavy (non-hydrogen) atoms. The number of benzene rings is 1. The number of carboxylic acids is 1. The molecular weight excluding hydrogens is 336 g/mol. The molecule has 1 amide bonds. The largest absolute Gasteiger partial charge is 0.493 e. The maximum absolute atomic E-state index is 11.5. The molecular formula is C19H30N2O5. The van der Waals surface area contributed by atoms with Gasteiger partial charge in [-0.3, -0.25) is 9.59 Å². The lowest BCUT2D eigenvalue weighted by molar-refractivity contribution is -0.138. The SMILES string of the molecule is CCN(CC)CCOc1cc(CCNC(=O)CCC(=O)O)ccc1OC. The summed E-state index contributed by atoms with van der Waals surface area (Å²) in [5.74, 6) is 0.145. The molecule has 0 aliphatic carbocycles. The number of carbonyl (C=O) groups is 2. The molecule has 0 radical (unpaired) electrons. The minimum Gasteiger partial charge on any atom is -0.493 e. The van der Waals surface area contributed by atoms with E-state index >= 15 is 0 Å². The van der Waals surface area contributed by atoms with Crippen molar-refractivity contribution in [2.75, 3.05) is 39.9 Å². The van der Waals surface area contributed by atoms with Gasteiger partial charge in [-0.25, -0.2) is 0 Å². The number of aliphatic carboxylic acids is 1. The van der Waals surface area contributed by atoms with Crippen LogP contribution in [0.15, 0.2) is 18.2 Å². The molecule has 0 fully saturated rings. The molecule has 0 unspecified atom stereocenters. The zero-order chi connectivity index (χ0) is 19.4. The lowest BCUT2D eigenvalue weighted by Gasteiger charge is -2.19. The van der Waals surface area contributed by atoms with Crippen LogP contribution < -0.4 is 14.8 Å². The zero-order valence-corrected chi connectivity index (χ0v) is 15.9. The monoisotopic (exact) mass is 366 g/mol. The summed E-state index contributed by atoms with van der Waals surface area (Å²) in [4.78, 5) is 24.3. The van der Waals surface area contributed by atoms with Crippen LogP contribution in [0.1, 0.15) is 32.3 Å². The normalized spacial score (nSPS) is 10.6. The Bertz CT molecular complexity index is 573. The van der Waals surface area contributed by atoms with Gasteiger partial charge in [-0.2, -0.15) is 0 Å². The van der Waals surface area contributed by atoms with Gasteiger partial charge >= 0.3 is 5.97 Å². The predicted molar refractivity (Wildman–Crippen MR) is 99.9 cm³/mol. The minimum atomic E-state index is -0.971. The molecule has 7 nitrogen and oxygen atoms in total. The average molecular weight is 366 g/mol. The van der Waals surface area contributed by atoms with Crippen LogP contribution >= 0.6 is 0 Å². The van der Waals surface area contributed by atoms with Crippen molar-refractivity contribution < 1.29 is 24.2 Å². The molecule has 1 aromatic carbocycles. The number of nitrogens with zero attached hydrogens (tertiary/aromatic N) is 1. The minimum absolute atomic E-state index is 0.00232. The molecule has 1 rings (SSSR count). The summed E-state index contributed by atoms with van der Waals surface area (Å²) in [6.45, 7) is 8.08. The first kappa shape index (κ1) is 21.8. The van der Waals surface area contributed by atoms with E-state index < -0.39 is 5.97 Å². The Kier molecular flexibility index (Phi) is 10.2. The van der Waals surface area contributed by atoms with Crippen LogP contribution in [0.5, 0.6) is 11.5 Å². The van der Waals surface area contributed by atoms with Gasteiger partial charge in [-0.15, -0.1) is 0 Å². The van der Waals surface area contributed by atoms with Gasteiger partial charge in [0, 0.05) is 19.5 Å². The van der Waals surface area contributed by atoms with Gasteiger partial charge in [-0.05, 0) is 37.2 Å². The van der Waals surface area contributed by atoms with Gasteiger partial charge in [0.2, 0.25) is 5.91 Å². The van der Waals surface area contributed by atoms with Crippen molar-refractivity contribution >= 4 is 11.9 Å². The van der Waals surface area contributed by atoms with E-state index in [2.05, 4.69) is 24.1 Å². The summed E-state index contributed by atoms with van der Waals surface area (Å²) in [6.07, 6.45) is 0.478. The van der Waals surface area contributed by atoms with Gasteiger partial charge in [0.25, 0.3) is 0 Å². The number of amides is 1. The van der Waals surface area contributed by atoms with Crippen molar-refractivity contribution in [3.05, 3.63) is 23.8 Å². The highest BCUT2D eigenvalue weighted by molar-refractivity contribution is 5.80. The van der Waals surface area contributed by atoms with E-state index in [-0.39, 0.29) is 18.7 Å². The summed E-state index contributed by atoms with van der Waals surface area (Å²) in [5, 5.41) is 11.3. The van der Waals surface area contributed by atoms with Crippen LogP contribution in [-0.2, 0) is 16.0 Å². The third-order valence-corrected chi connectivity index (χ3v) is 4.09. The molecule has 7 heteroatoms. The van der Waals surface area contributed by atoms with Gasteiger partial charge < -0.3 is 24.8 Å². The molecule has 0 aliphatic heterocycles. The van der Waals surface area contributed by atoms with Crippen LogP contribution in [0, 0.1) is 0 Å². The highest BCUT2D eigenvalue weighted by atomic mass is 16.5. The third-order valence-electron chi connectivity index (χ3n) is 4.09. The topological polar surface area (TPSA) is 88.1 Å². The fraction of sp³-hybridized carbons (Fsp3) is 0.579. The Labute approximate surface area is 155 Å². The van der Waals surface area contributed by atoms with Crippen LogP contribution in [0.3, 0.4) is 0 Å². The first-order valence-electron chi connectivity index (χ1n) is 9.00. The number of hydrogen-bond acceptors (Lipinski definition) is 5. The quantitative estimate of drug-likeness (QED) is 0.555. The predicted octanol–water partition coefficient (Wildman–Crippen LogP) is 1.94. The first-order valence-corrected chi connectivity index (χ1v) is 9.00. The van der Waals surface area contributed by atoms with Crippen molar-refractivity contribution in [1.82, 2.24) is 10.2 Å². The zero-order valence-electron chi connectivity index (χ0n) is 15.9. The number of nitrogens with one attached hydrogen (secondary N) is 1. The number of likely N-dealkylation sites (N-methyl/N-ethyl adjacent to an activating group) is 1. The third kappa shape index (κ3) is 8.20.